The van der Waals surface area contributed by atoms with Gasteiger partial charge in [-0.05, 0) is 30.7 Å². The third kappa shape index (κ3) is 6.03. The van der Waals surface area contributed by atoms with Crippen LogP contribution in [0, 0.1) is 0 Å². The number of rotatable bonds is 7. The van der Waals surface area contributed by atoms with Gasteiger partial charge in [0.2, 0.25) is 0 Å². The Morgan fingerprint density at radius 2 is 2.07 bits per heavy atom. The Balaban J connectivity index is 4.05. The molecule has 0 spiro atoms. The van der Waals surface area contributed by atoms with Crippen LogP contribution in [-0.2, 0) is 0 Å². The summed E-state index contributed by atoms with van der Waals surface area (Å²) in [5, 5.41) is 0. The van der Waals surface area contributed by atoms with Crippen molar-refractivity contribution in [3.05, 3.63) is 35.0 Å². The normalized spacial score (nSPS) is 13.0. The second-order valence-corrected chi connectivity index (χ2v) is 4.10. The summed E-state index contributed by atoms with van der Waals surface area (Å²) in [6.07, 6.45) is 11.5. The third-order valence-electron chi connectivity index (χ3n) is 2.08. The van der Waals surface area contributed by atoms with Crippen molar-refractivity contribution in [3.63, 3.8) is 0 Å². The zero-order valence-corrected chi connectivity index (χ0v) is 10.5. The van der Waals surface area contributed by atoms with Gasteiger partial charge in [0.15, 0.2) is 0 Å². The molecule has 1 nitrogen and oxygen atoms in total. The van der Waals surface area contributed by atoms with Gasteiger partial charge in [-0.3, -0.25) is 0 Å². The number of hydrogen-bond donors (Lipinski definition) is 1. The quantitative estimate of drug-likeness (QED) is 0.535. The van der Waals surface area contributed by atoms with Crippen LogP contribution in [0.15, 0.2) is 35.0 Å². The number of hydrogen-bond acceptors (Lipinski definition) is 1. The highest BCUT2D eigenvalue weighted by atomic mass is 79.9. The number of halogens is 1. The molecule has 14 heavy (non-hydrogen) atoms. The summed E-state index contributed by atoms with van der Waals surface area (Å²) in [4.78, 5) is 0. The van der Waals surface area contributed by atoms with E-state index in [0.29, 0.717) is 0 Å². The summed E-state index contributed by atoms with van der Waals surface area (Å²) in [5.74, 6) is 0. The SMILES string of the molecule is C=C/C(Br)=C(\C=C/N)CCCCCC. The summed E-state index contributed by atoms with van der Waals surface area (Å²) < 4.78 is 1.05. The van der Waals surface area contributed by atoms with Crippen molar-refractivity contribution < 1.29 is 0 Å². The summed E-state index contributed by atoms with van der Waals surface area (Å²) >= 11 is 3.47. The Hall–Kier alpha value is -0.500. The average Bonchev–Trinajstić information content (AvgIpc) is 2.21. The molecule has 0 aromatic carbocycles. The number of nitrogens with two attached hydrogens (primary N) is 1. The summed E-state index contributed by atoms with van der Waals surface area (Å²) in [5.41, 5.74) is 6.62. The van der Waals surface area contributed by atoms with Crippen molar-refractivity contribution in [2.75, 3.05) is 0 Å². The molecule has 0 bridgehead atoms. The van der Waals surface area contributed by atoms with E-state index in [1.165, 1.54) is 31.3 Å². The zero-order valence-electron chi connectivity index (χ0n) is 8.93. The molecule has 80 valence electrons. The summed E-state index contributed by atoms with van der Waals surface area (Å²) in [6.45, 7) is 5.95. The maximum Gasteiger partial charge on any atom is 0.0201 e. The fourth-order valence-corrected chi connectivity index (χ4v) is 1.60. The van der Waals surface area contributed by atoms with Gasteiger partial charge in [-0.15, -0.1) is 0 Å². The molecular formula is C12H20BrN. The lowest BCUT2D eigenvalue weighted by Crippen LogP contribution is -1.86. The summed E-state index contributed by atoms with van der Waals surface area (Å²) in [6, 6.07) is 0. The van der Waals surface area contributed by atoms with E-state index in [1.54, 1.807) is 6.20 Å². The molecule has 0 atom stereocenters. The lowest BCUT2D eigenvalue weighted by atomic mass is 10.1. The van der Waals surface area contributed by atoms with Gasteiger partial charge in [0.25, 0.3) is 0 Å². The maximum atomic E-state index is 5.38. The molecule has 0 fully saturated rings. The molecule has 0 aromatic rings. The number of unbranched alkanes of at least 4 members (excludes halogenated alkanes) is 3. The third-order valence-corrected chi connectivity index (χ3v) is 2.92. The first-order chi connectivity index (χ1) is 6.76. The van der Waals surface area contributed by atoms with E-state index in [1.807, 2.05) is 12.2 Å². The van der Waals surface area contributed by atoms with Crippen LogP contribution in [0.1, 0.15) is 39.0 Å². The molecule has 0 saturated heterocycles. The van der Waals surface area contributed by atoms with Gasteiger partial charge in [0.05, 0.1) is 0 Å². The number of allylic oxidation sites excluding steroid dienone is 4. The van der Waals surface area contributed by atoms with Gasteiger partial charge < -0.3 is 5.73 Å². The van der Waals surface area contributed by atoms with Crippen molar-refractivity contribution in [1.82, 2.24) is 0 Å². The molecule has 0 aromatic heterocycles. The minimum Gasteiger partial charge on any atom is -0.405 e. The van der Waals surface area contributed by atoms with Gasteiger partial charge >= 0.3 is 0 Å². The van der Waals surface area contributed by atoms with Crippen LogP contribution >= 0.6 is 15.9 Å². The van der Waals surface area contributed by atoms with Crippen molar-refractivity contribution in [3.8, 4) is 0 Å². The van der Waals surface area contributed by atoms with Crippen LogP contribution in [0.5, 0.6) is 0 Å². The van der Waals surface area contributed by atoms with E-state index in [2.05, 4.69) is 29.4 Å². The predicted molar refractivity (Wildman–Crippen MR) is 68.2 cm³/mol. The first-order valence-electron chi connectivity index (χ1n) is 5.15. The molecule has 0 unspecified atom stereocenters. The van der Waals surface area contributed by atoms with Crippen LogP contribution in [-0.4, -0.2) is 0 Å². The van der Waals surface area contributed by atoms with E-state index in [0.717, 1.165) is 10.9 Å². The zero-order chi connectivity index (χ0) is 10.8. The van der Waals surface area contributed by atoms with Crippen LogP contribution in [0.25, 0.3) is 0 Å². The van der Waals surface area contributed by atoms with Crippen LogP contribution in [0.3, 0.4) is 0 Å². The van der Waals surface area contributed by atoms with Gasteiger partial charge in [0.1, 0.15) is 0 Å². The Labute approximate surface area is 95.9 Å². The van der Waals surface area contributed by atoms with Gasteiger partial charge in [-0.2, -0.15) is 0 Å². The lowest BCUT2D eigenvalue weighted by Gasteiger charge is -2.03. The Morgan fingerprint density at radius 1 is 1.36 bits per heavy atom. The summed E-state index contributed by atoms with van der Waals surface area (Å²) in [7, 11) is 0. The molecule has 0 aliphatic carbocycles. The van der Waals surface area contributed by atoms with Crippen molar-refractivity contribution in [2.45, 2.75) is 39.0 Å². The molecule has 0 radical (unpaired) electrons. The molecule has 0 aliphatic rings. The smallest absolute Gasteiger partial charge is 0.0201 e. The average molecular weight is 258 g/mol. The minimum atomic E-state index is 1.05. The Kier molecular flexibility index (Phi) is 8.75. The molecular weight excluding hydrogens is 238 g/mol. The predicted octanol–water partition coefficient (Wildman–Crippen LogP) is 4.26. The van der Waals surface area contributed by atoms with E-state index in [-0.39, 0.29) is 0 Å². The molecule has 0 saturated carbocycles. The lowest BCUT2D eigenvalue weighted by molar-refractivity contribution is 0.668. The second kappa shape index (κ2) is 9.07. The van der Waals surface area contributed by atoms with E-state index in [9.17, 15) is 0 Å². The highest BCUT2D eigenvalue weighted by Crippen LogP contribution is 2.20. The van der Waals surface area contributed by atoms with Crippen LogP contribution in [0.4, 0.5) is 0 Å². The fraction of sp³-hybridized carbons (Fsp3) is 0.500. The largest absolute Gasteiger partial charge is 0.405 e. The van der Waals surface area contributed by atoms with Crippen LogP contribution in [0.2, 0.25) is 0 Å². The van der Waals surface area contributed by atoms with Gasteiger partial charge in [-0.1, -0.05) is 54.8 Å². The Morgan fingerprint density at radius 3 is 2.57 bits per heavy atom. The first-order valence-corrected chi connectivity index (χ1v) is 5.94. The molecule has 2 heteroatoms. The first kappa shape index (κ1) is 13.5. The monoisotopic (exact) mass is 257 g/mol. The van der Waals surface area contributed by atoms with Crippen molar-refractivity contribution >= 4 is 15.9 Å². The van der Waals surface area contributed by atoms with E-state index >= 15 is 0 Å². The van der Waals surface area contributed by atoms with Crippen molar-refractivity contribution in [1.29, 1.82) is 0 Å². The Bertz CT molecular complexity index is 216. The van der Waals surface area contributed by atoms with Crippen LogP contribution < -0.4 is 5.73 Å². The highest BCUT2D eigenvalue weighted by Gasteiger charge is 1.97. The molecule has 0 heterocycles. The standard InChI is InChI=1S/C12H20BrN/c1-3-5-6-7-8-11(9-10-14)12(13)4-2/h4,9-10H,2-3,5-8,14H2,1H3/b10-9-,12-11+. The highest BCUT2D eigenvalue weighted by molar-refractivity contribution is 9.11. The second-order valence-electron chi connectivity index (χ2n) is 3.25. The van der Waals surface area contributed by atoms with Crippen molar-refractivity contribution in [2.24, 2.45) is 5.73 Å². The van der Waals surface area contributed by atoms with Gasteiger partial charge in [-0.25, -0.2) is 0 Å². The van der Waals surface area contributed by atoms with E-state index in [4.69, 9.17) is 5.73 Å². The van der Waals surface area contributed by atoms with E-state index < -0.39 is 0 Å². The minimum absolute atomic E-state index is 1.05. The van der Waals surface area contributed by atoms with Gasteiger partial charge in [0, 0.05) is 4.48 Å². The maximum absolute atomic E-state index is 5.38. The molecule has 0 aliphatic heterocycles. The molecule has 2 N–H and O–H groups in total. The molecule has 0 amide bonds. The topological polar surface area (TPSA) is 26.0 Å². The molecule has 0 rings (SSSR count). The fourth-order valence-electron chi connectivity index (χ4n) is 1.27.